The Hall–Kier alpha value is -3.49. The summed E-state index contributed by atoms with van der Waals surface area (Å²) in [7, 11) is 0. The van der Waals surface area contributed by atoms with Crippen molar-refractivity contribution in [2.24, 2.45) is 5.73 Å². The molecule has 7 nitrogen and oxygen atoms in total. The molecule has 0 saturated carbocycles. The third kappa shape index (κ3) is 5.27. The Labute approximate surface area is 140 Å². The van der Waals surface area contributed by atoms with E-state index in [1.54, 1.807) is 0 Å². The van der Waals surface area contributed by atoms with Crippen molar-refractivity contribution in [1.29, 1.82) is 0 Å². The van der Waals surface area contributed by atoms with Crippen molar-refractivity contribution in [3.8, 4) is 0 Å². The van der Waals surface area contributed by atoms with E-state index < -0.39 is 36.1 Å². The van der Waals surface area contributed by atoms with Gasteiger partial charge >= 0.3 is 12.0 Å². The largest absolute Gasteiger partial charge is 0.452 e. The monoisotopic (exact) mass is 349 g/mol. The van der Waals surface area contributed by atoms with Crippen LogP contribution in [0.4, 0.5) is 25.0 Å². The zero-order valence-electron chi connectivity index (χ0n) is 12.7. The summed E-state index contributed by atoms with van der Waals surface area (Å²) < 4.78 is 31.2. The summed E-state index contributed by atoms with van der Waals surface area (Å²) in [6.07, 6.45) is 0. The molecule has 0 aliphatic carbocycles. The molecule has 0 unspecified atom stereocenters. The molecule has 0 heterocycles. The maximum absolute atomic E-state index is 13.4. The van der Waals surface area contributed by atoms with Crippen molar-refractivity contribution in [2.75, 3.05) is 17.2 Å². The Morgan fingerprint density at radius 2 is 1.68 bits per heavy atom. The minimum absolute atomic E-state index is 0.125. The summed E-state index contributed by atoms with van der Waals surface area (Å²) in [6.45, 7) is -0.684. The first-order chi connectivity index (χ1) is 11.8. The molecule has 3 amide bonds. The van der Waals surface area contributed by atoms with Crippen LogP contribution in [-0.2, 0) is 9.53 Å². The van der Waals surface area contributed by atoms with E-state index in [4.69, 9.17) is 10.5 Å². The van der Waals surface area contributed by atoms with Crippen LogP contribution in [0.1, 0.15) is 10.4 Å². The van der Waals surface area contributed by atoms with Crippen LogP contribution in [0, 0.1) is 11.6 Å². The molecule has 0 radical (unpaired) electrons. The Morgan fingerprint density at radius 3 is 2.32 bits per heavy atom. The van der Waals surface area contributed by atoms with Crippen molar-refractivity contribution >= 4 is 29.3 Å². The summed E-state index contributed by atoms with van der Waals surface area (Å²) in [4.78, 5) is 34.1. The van der Waals surface area contributed by atoms with Gasteiger partial charge in [-0.05, 0) is 36.4 Å². The maximum atomic E-state index is 13.4. The third-order valence-corrected chi connectivity index (χ3v) is 2.92. The van der Waals surface area contributed by atoms with Gasteiger partial charge in [-0.2, -0.15) is 0 Å². The van der Waals surface area contributed by atoms with E-state index in [0.29, 0.717) is 5.69 Å². The van der Waals surface area contributed by atoms with Gasteiger partial charge in [0.2, 0.25) is 0 Å². The minimum atomic E-state index is -0.829. The number of anilines is 2. The molecule has 0 aliphatic rings. The zero-order chi connectivity index (χ0) is 18.4. The van der Waals surface area contributed by atoms with Crippen LogP contribution in [0.2, 0.25) is 0 Å². The third-order valence-electron chi connectivity index (χ3n) is 2.92. The topological polar surface area (TPSA) is 111 Å². The van der Waals surface area contributed by atoms with Crippen LogP contribution in [0.3, 0.4) is 0 Å². The second-order valence-corrected chi connectivity index (χ2v) is 4.82. The number of halogens is 2. The number of carbonyl (C=O) groups is 3. The van der Waals surface area contributed by atoms with Gasteiger partial charge in [-0.3, -0.25) is 4.79 Å². The van der Waals surface area contributed by atoms with E-state index in [1.807, 2.05) is 0 Å². The quantitative estimate of drug-likeness (QED) is 0.719. The zero-order valence-corrected chi connectivity index (χ0v) is 12.7. The van der Waals surface area contributed by atoms with Gasteiger partial charge < -0.3 is 21.1 Å². The number of hydrogen-bond donors (Lipinski definition) is 3. The molecule has 130 valence electrons. The number of ether oxygens (including phenoxy) is 1. The molecule has 9 heteroatoms. The standard InChI is InChI=1S/C16H13F2N3O4/c17-10-3-6-12(18)13(7-10)21-14(22)8-25-15(23)9-1-4-11(5-2-9)20-16(19)24/h1-7H,8H2,(H,21,22)(H3,19,20,24). The van der Waals surface area contributed by atoms with Crippen LogP contribution in [0.5, 0.6) is 0 Å². The Balaban J connectivity index is 1.89. The second kappa shape index (κ2) is 7.86. The van der Waals surface area contributed by atoms with E-state index in [1.165, 1.54) is 24.3 Å². The summed E-state index contributed by atoms with van der Waals surface area (Å²) in [5.41, 5.74) is 5.09. The summed E-state index contributed by atoms with van der Waals surface area (Å²) in [6, 6.07) is 7.37. The number of carbonyl (C=O) groups excluding carboxylic acids is 3. The highest BCUT2D eigenvalue weighted by atomic mass is 19.1. The highest BCUT2D eigenvalue weighted by Crippen LogP contribution is 2.15. The van der Waals surface area contributed by atoms with Gasteiger partial charge in [0.25, 0.3) is 5.91 Å². The Bertz CT molecular complexity index is 810. The van der Waals surface area contributed by atoms with Crippen LogP contribution >= 0.6 is 0 Å². The lowest BCUT2D eigenvalue weighted by Crippen LogP contribution is -2.21. The number of esters is 1. The van der Waals surface area contributed by atoms with Crippen molar-refractivity contribution in [2.45, 2.75) is 0 Å². The number of hydrogen-bond acceptors (Lipinski definition) is 4. The minimum Gasteiger partial charge on any atom is -0.452 e. The van der Waals surface area contributed by atoms with Crippen molar-refractivity contribution in [3.63, 3.8) is 0 Å². The second-order valence-electron chi connectivity index (χ2n) is 4.82. The Kier molecular flexibility index (Phi) is 5.62. The van der Waals surface area contributed by atoms with Gasteiger partial charge in [0.15, 0.2) is 6.61 Å². The fourth-order valence-electron chi connectivity index (χ4n) is 1.83. The predicted octanol–water partition coefficient (Wildman–Crippen LogP) is 2.25. The average Bonchev–Trinajstić information content (AvgIpc) is 2.56. The lowest BCUT2D eigenvalue weighted by Gasteiger charge is -2.08. The molecule has 25 heavy (non-hydrogen) atoms. The van der Waals surface area contributed by atoms with Gasteiger partial charge in [-0.25, -0.2) is 18.4 Å². The van der Waals surface area contributed by atoms with E-state index in [-0.39, 0.29) is 11.3 Å². The molecule has 0 spiro atoms. The molecule has 0 fully saturated rings. The number of rotatable bonds is 5. The normalized spacial score (nSPS) is 10.0. The SMILES string of the molecule is NC(=O)Nc1ccc(C(=O)OCC(=O)Nc2cc(F)ccc2F)cc1. The van der Waals surface area contributed by atoms with Crippen molar-refractivity contribution in [1.82, 2.24) is 0 Å². The molecule has 2 rings (SSSR count). The van der Waals surface area contributed by atoms with E-state index in [0.717, 1.165) is 18.2 Å². The first-order valence-electron chi connectivity index (χ1n) is 6.93. The summed E-state index contributed by atoms with van der Waals surface area (Å²) in [5.74, 6) is -3.18. The van der Waals surface area contributed by atoms with Crippen molar-refractivity contribution in [3.05, 3.63) is 59.7 Å². The molecule has 0 saturated heterocycles. The summed E-state index contributed by atoms with van der Waals surface area (Å²) in [5, 5.41) is 4.41. The predicted molar refractivity (Wildman–Crippen MR) is 84.9 cm³/mol. The molecular formula is C16H13F2N3O4. The number of nitrogens with two attached hydrogens (primary N) is 1. The molecule has 4 N–H and O–H groups in total. The molecule has 0 aromatic heterocycles. The Morgan fingerprint density at radius 1 is 1.00 bits per heavy atom. The van der Waals surface area contributed by atoms with Gasteiger partial charge in [-0.15, -0.1) is 0 Å². The number of nitrogens with one attached hydrogen (secondary N) is 2. The number of primary amides is 1. The van der Waals surface area contributed by atoms with E-state index in [9.17, 15) is 23.2 Å². The van der Waals surface area contributed by atoms with Crippen LogP contribution in [-0.4, -0.2) is 24.5 Å². The van der Waals surface area contributed by atoms with Crippen molar-refractivity contribution < 1.29 is 27.9 Å². The smallest absolute Gasteiger partial charge is 0.338 e. The number of benzene rings is 2. The van der Waals surface area contributed by atoms with Crippen LogP contribution in [0.15, 0.2) is 42.5 Å². The molecule has 2 aromatic rings. The first-order valence-corrected chi connectivity index (χ1v) is 6.93. The number of amides is 3. The lowest BCUT2D eigenvalue weighted by molar-refractivity contribution is -0.119. The van der Waals surface area contributed by atoms with Crippen LogP contribution < -0.4 is 16.4 Å². The molecule has 0 bridgehead atoms. The fourth-order valence-corrected chi connectivity index (χ4v) is 1.83. The van der Waals surface area contributed by atoms with E-state index >= 15 is 0 Å². The van der Waals surface area contributed by atoms with E-state index in [2.05, 4.69) is 10.6 Å². The van der Waals surface area contributed by atoms with Gasteiger partial charge in [0.05, 0.1) is 11.3 Å². The molecular weight excluding hydrogens is 336 g/mol. The highest BCUT2D eigenvalue weighted by Gasteiger charge is 2.12. The van der Waals surface area contributed by atoms with Crippen LogP contribution in [0.25, 0.3) is 0 Å². The lowest BCUT2D eigenvalue weighted by atomic mass is 10.2. The van der Waals surface area contributed by atoms with Gasteiger partial charge in [0.1, 0.15) is 11.6 Å². The number of urea groups is 1. The van der Waals surface area contributed by atoms with Gasteiger partial charge in [-0.1, -0.05) is 0 Å². The molecule has 2 aromatic carbocycles. The average molecular weight is 349 g/mol. The van der Waals surface area contributed by atoms with Gasteiger partial charge in [0, 0.05) is 11.8 Å². The summed E-state index contributed by atoms with van der Waals surface area (Å²) >= 11 is 0. The maximum Gasteiger partial charge on any atom is 0.338 e. The molecule has 0 atom stereocenters. The fraction of sp³-hybridized carbons (Fsp3) is 0.0625. The molecule has 0 aliphatic heterocycles. The first kappa shape index (κ1) is 17.9. The highest BCUT2D eigenvalue weighted by molar-refractivity contribution is 5.96.